The monoisotopic (exact) mass is 338 g/mol. The second-order valence-corrected chi connectivity index (χ2v) is 6.21. The molecule has 0 radical (unpaired) electrons. The summed E-state index contributed by atoms with van der Waals surface area (Å²) >= 11 is 0. The molecule has 7 heteroatoms. The molecule has 22 heavy (non-hydrogen) atoms. The van der Waals surface area contributed by atoms with Gasteiger partial charge in [-0.05, 0) is 48.4 Å². The minimum atomic E-state index is -4.51. The van der Waals surface area contributed by atoms with Crippen molar-refractivity contribution < 1.29 is 17.6 Å². The Kier molecular flexibility index (Phi) is 5.04. The van der Waals surface area contributed by atoms with Crippen LogP contribution in [0.1, 0.15) is 24.0 Å². The molecule has 1 aromatic rings. The maximum atomic E-state index is 13.4. The first kappa shape index (κ1) is 17.5. The van der Waals surface area contributed by atoms with Crippen LogP contribution in [0.5, 0.6) is 0 Å². The third kappa shape index (κ3) is 3.55. The van der Waals surface area contributed by atoms with Gasteiger partial charge in [0.2, 0.25) is 0 Å². The number of nitrogens with two attached hydrogens (primary N) is 1. The van der Waals surface area contributed by atoms with Crippen LogP contribution < -0.4 is 5.73 Å². The van der Waals surface area contributed by atoms with Crippen molar-refractivity contribution in [2.45, 2.75) is 31.6 Å². The predicted molar refractivity (Wildman–Crippen MR) is 78.1 cm³/mol. The highest BCUT2D eigenvalue weighted by Gasteiger charge is 2.40. The molecule has 1 aromatic carbocycles. The Morgan fingerprint density at radius 2 is 1.86 bits per heavy atom. The van der Waals surface area contributed by atoms with E-state index in [0.717, 1.165) is 32.0 Å². The first-order chi connectivity index (χ1) is 9.83. The van der Waals surface area contributed by atoms with Crippen LogP contribution in [0, 0.1) is 17.7 Å². The largest absolute Gasteiger partial charge is 0.416 e. The van der Waals surface area contributed by atoms with Crippen molar-refractivity contribution in [3.05, 3.63) is 35.1 Å². The lowest BCUT2D eigenvalue weighted by atomic mass is 9.98. The Morgan fingerprint density at radius 1 is 1.14 bits per heavy atom. The Hall–Kier alpha value is -0.850. The molecule has 2 nitrogen and oxygen atoms in total. The summed E-state index contributed by atoms with van der Waals surface area (Å²) in [6, 6.07) is 2.96. The van der Waals surface area contributed by atoms with Gasteiger partial charge in [0, 0.05) is 25.7 Å². The number of rotatable bonds is 2. The Balaban J connectivity index is 0.00000176. The summed E-state index contributed by atoms with van der Waals surface area (Å²) in [5, 5.41) is 0. The number of alkyl halides is 3. The summed E-state index contributed by atoms with van der Waals surface area (Å²) in [6.07, 6.45) is -2.40. The van der Waals surface area contributed by atoms with E-state index in [1.807, 2.05) is 0 Å². The lowest BCUT2D eigenvalue weighted by Crippen LogP contribution is -2.30. The van der Waals surface area contributed by atoms with Crippen LogP contribution in [0.2, 0.25) is 0 Å². The van der Waals surface area contributed by atoms with Gasteiger partial charge in [-0.2, -0.15) is 13.2 Å². The third-order valence-electron chi connectivity index (χ3n) is 4.68. The molecular weight excluding hydrogens is 320 g/mol. The molecule has 2 aliphatic rings. The van der Waals surface area contributed by atoms with Crippen LogP contribution in [-0.2, 0) is 12.7 Å². The first-order valence-electron chi connectivity index (χ1n) is 7.17. The lowest BCUT2D eigenvalue weighted by Gasteiger charge is -2.19. The highest BCUT2D eigenvalue weighted by molar-refractivity contribution is 5.85. The van der Waals surface area contributed by atoms with E-state index >= 15 is 0 Å². The molecule has 1 heterocycles. The molecule has 0 spiro atoms. The lowest BCUT2D eigenvalue weighted by molar-refractivity contribution is -0.137. The fourth-order valence-electron chi connectivity index (χ4n) is 3.69. The van der Waals surface area contributed by atoms with Gasteiger partial charge in [-0.15, -0.1) is 12.4 Å². The maximum absolute atomic E-state index is 13.4. The number of benzene rings is 1. The summed E-state index contributed by atoms with van der Waals surface area (Å²) < 4.78 is 51.5. The maximum Gasteiger partial charge on any atom is 0.416 e. The number of halogens is 5. The number of nitrogens with zero attached hydrogens (tertiary/aromatic N) is 1. The Bertz CT molecular complexity index is 535. The summed E-state index contributed by atoms with van der Waals surface area (Å²) in [5.41, 5.74) is 5.49. The fraction of sp³-hybridized carbons (Fsp3) is 0.600. The molecule has 1 aliphatic heterocycles. The number of fused-ring (bicyclic) bond motifs is 1. The zero-order chi connectivity index (χ0) is 15.2. The van der Waals surface area contributed by atoms with Gasteiger partial charge < -0.3 is 5.73 Å². The van der Waals surface area contributed by atoms with E-state index in [1.165, 1.54) is 6.07 Å². The minimum Gasteiger partial charge on any atom is -0.327 e. The Labute approximate surface area is 133 Å². The van der Waals surface area contributed by atoms with Gasteiger partial charge in [0.1, 0.15) is 5.82 Å². The molecular formula is C15H19ClF4N2. The second-order valence-electron chi connectivity index (χ2n) is 6.21. The molecule has 1 saturated carbocycles. The molecule has 0 bridgehead atoms. The fourth-order valence-corrected chi connectivity index (χ4v) is 3.69. The third-order valence-corrected chi connectivity index (χ3v) is 4.68. The smallest absolute Gasteiger partial charge is 0.327 e. The highest BCUT2D eigenvalue weighted by Crippen LogP contribution is 2.38. The predicted octanol–water partition coefficient (Wildman–Crippen LogP) is 3.44. The molecule has 3 rings (SSSR count). The van der Waals surface area contributed by atoms with Gasteiger partial charge in [0.15, 0.2) is 0 Å². The topological polar surface area (TPSA) is 29.3 Å². The molecule has 3 atom stereocenters. The van der Waals surface area contributed by atoms with Crippen molar-refractivity contribution in [3.8, 4) is 0 Å². The first-order valence-corrected chi connectivity index (χ1v) is 7.17. The zero-order valence-electron chi connectivity index (χ0n) is 11.9. The molecule has 124 valence electrons. The zero-order valence-corrected chi connectivity index (χ0v) is 12.8. The van der Waals surface area contributed by atoms with Gasteiger partial charge in [0.05, 0.1) is 5.56 Å². The molecule has 3 unspecified atom stereocenters. The van der Waals surface area contributed by atoms with Gasteiger partial charge in [-0.25, -0.2) is 4.39 Å². The van der Waals surface area contributed by atoms with E-state index < -0.39 is 17.6 Å². The van der Waals surface area contributed by atoms with Crippen molar-refractivity contribution in [2.24, 2.45) is 17.6 Å². The molecule has 0 aromatic heterocycles. The van der Waals surface area contributed by atoms with Gasteiger partial charge in [-0.1, -0.05) is 0 Å². The van der Waals surface area contributed by atoms with Crippen molar-refractivity contribution in [1.29, 1.82) is 0 Å². The molecule has 1 saturated heterocycles. The van der Waals surface area contributed by atoms with Crippen LogP contribution >= 0.6 is 12.4 Å². The van der Waals surface area contributed by atoms with Crippen LogP contribution in [0.4, 0.5) is 17.6 Å². The standard InChI is InChI=1S/C15H18F4N2.ClH/c16-12-4-9(3-11(5-12)15(17,18)19)6-21-7-10-1-2-14(20)13(10)8-21;/h3-5,10,13-14H,1-2,6-8,20H2;1H. The SMILES string of the molecule is Cl.NC1CCC2CN(Cc3cc(F)cc(C(F)(F)F)c3)CC12. The van der Waals surface area contributed by atoms with Gasteiger partial charge in [0.25, 0.3) is 0 Å². The van der Waals surface area contributed by atoms with E-state index in [9.17, 15) is 17.6 Å². The second kappa shape index (κ2) is 6.34. The average molecular weight is 339 g/mol. The summed E-state index contributed by atoms with van der Waals surface area (Å²) in [7, 11) is 0. The van der Waals surface area contributed by atoms with E-state index in [-0.39, 0.29) is 18.4 Å². The van der Waals surface area contributed by atoms with Crippen LogP contribution in [0.3, 0.4) is 0 Å². The molecule has 0 amide bonds. The number of hydrogen-bond donors (Lipinski definition) is 1. The summed E-state index contributed by atoms with van der Waals surface area (Å²) in [4.78, 5) is 2.09. The van der Waals surface area contributed by atoms with Crippen molar-refractivity contribution in [1.82, 2.24) is 4.90 Å². The number of hydrogen-bond acceptors (Lipinski definition) is 2. The van der Waals surface area contributed by atoms with E-state index in [4.69, 9.17) is 5.73 Å². The summed E-state index contributed by atoms with van der Waals surface area (Å²) in [5.74, 6) is 0.132. The Morgan fingerprint density at radius 3 is 2.50 bits per heavy atom. The van der Waals surface area contributed by atoms with Gasteiger partial charge in [-0.3, -0.25) is 4.90 Å². The van der Waals surface area contributed by atoms with Crippen molar-refractivity contribution in [2.75, 3.05) is 13.1 Å². The minimum absolute atomic E-state index is 0. The quantitative estimate of drug-likeness (QED) is 0.837. The van der Waals surface area contributed by atoms with Crippen LogP contribution in [0.25, 0.3) is 0 Å². The number of likely N-dealkylation sites (tertiary alicyclic amines) is 1. The molecule has 2 fully saturated rings. The van der Waals surface area contributed by atoms with E-state index in [2.05, 4.69) is 4.90 Å². The van der Waals surface area contributed by atoms with E-state index in [1.54, 1.807) is 0 Å². The average Bonchev–Trinajstić information content (AvgIpc) is 2.90. The van der Waals surface area contributed by atoms with Crippen molar-refractivity contribution in [3.63, 3.8) is 0 Å². The van der Waals surface area contributed by atoms with Gasteiger partial charge >= 0.3 is 6.18 Å². The highest BCUT2D eigenvalue weighted by atomic mass is 35.5. The van der Waals surface area contributed by atoms with Crippen molar-refractivity contribution >= 4 is 12.4 Å². The molecule has 2 N–H and O–H groups in total. The normalized spacial score (nSPS) is 28.5. The van der Waals surface area contributed by atoms with E-state index in [0.29, 0.717) is 30.0 Å². The summed E-state index contributed by atoms with van der Waals surface area (Å²) in [6.45, 7) is 1.99. The van der Waals surface area contributed by atoms with Crippen LogP contribution in [0.15, 0.2) is 18.2 Å². The van der Waals surface area contributed by atoms with Crippen LogP contribution in [-0.4, -0.2) is 24.0 Å². The molecule has 1 aliphatic carbocycles.